The van der Waals surface area contributed by atoms with Gasteiger partial charge in [0.05, 0.1) is 12.1 Å². The third-order valence-corrected chi connectivity index (χ3v) is 3.44. The zero-order chi connectivity index (χ0) is 13.7. The molecule has 0 radical (unpaired) electrons. The summed E-state index contributed by atoms with van der Waals surface area (Å²) in [5, 5.41) is 13.3. The van der Waals surface area contributed by atoms with Gasteiger partial charge in [0, 0.05) is 12.5 Å². The fourth-order valence-corrected chi connectivity index (χ4v) is 2.36. The summed E-state index contributed by atoms with van der Waals surface area (Å²) in [7, 11) is 1.88. The first-order chi connectivity index (χ1) is 8.21. The third-order valence-electron chi connectivity index (χ3n) is 2.65. The lowest BCUT2D eigenvalue weighted by Gasteiger charge is -2.16. The van der Waals surface area contributed by atoms with Crippen molar-refractivity contribution < 1.29 is 9.90 Å². The number of aryl methyl sites for hydroxylation is 1. The average molecular weight is 315 g/mol. The SMILES string of the molecule is Cn1c(C(C)(C)C)nn2c(Br)c(CC(=O)O)nc12. The normalized spacial score (nSPS) is 12.3. The molecule has 0 fully saturated rings. The Labute approximate surface area is 113 Å². The maximum atomic E-state index is 10.7. The van der Waals surface area contributed by atoms with E-state index in [0.29, 0.717) is 16.1 Å². The maximum Gasteiger partial charge on any atom is 0.309 e. The highest BCUT2D eigenvalue weighted by Crippen LogP contribution is 2.25. The number of aromatic nitrogens is 4. The Bertz CT molecular complexity index is 621. The minimum absolute atomic E-state index is 0.0954. The summed E-state index contributed by atoms with van der Waals surface area (Å²) in [5.41, 5.74) is 0.392. The van der Waals surface area contributed by atoms with E-state index in [9.17, 15) is 4.79 Å². The minimum atomic E-state index is -0.907. The summed E-state index contributed by atoms with van der Waals surface area (Å²) in [4.78, 5) is 15.1. The van der Waals surface area contributed by atoms with Gasteiger partial charge < -0.3 is 5.11 Å². The van der Waals surface area contributed by atoms with E-state index in [0.717, 1.165) is 5.82 Å². The fourth-order valence-electron chi connectivity index (χ4n) is 1.90. The predicted molar refractivity (Wildman–Crippen MR) is 69.7 cm³/mol. The predicted octanol–water partition coefficient (Wildman–Crippen LogP) is 1.75. The number of nitrogens with zero attached hydrogens (tertiary/aromatic N) is 4. The van der Waals surface area contributed by atoms with Crippen molar-refractivity contribution in [2.24, 2.45) is 7.05 Å². The van der Waals surface area contributed by atoms with Gasteiger partial charge in [-0.1, -0.05) is 20.8 Å². The van der Waals surface area contributed by atoms with Gasteiger partial charge in [0.25, 0.3) is 0 Å². The van der Waals surface area contributed by atoms with Gasteiger partial charge in [0.2, 0.25) is 5.78 Å². The molecular weight excluding hydrogens is 300 g/mol. The molecule has 18 heavy (non-hydrogen) atoms. The monoisotopic (exact) mass is 314 g/mol. The summed E-state index contributed by atoms with van der Waals surface area (Å²) < 4.78 is 4.13. The molecule has 98 valence electrons. The Balaban J connectivity index is 2.61. The molecular formula is C11H15BrN4O2. The number of hydrogen-bond acceptors (Lipinski definition) is 3. The van der Waals surface area contributed by atoms with Gasteiger partial charge in [0.15, 0.2) is 0 Å². The highest BCUT2D eigenvalue weighted by Gasteiger charge is 2.25. The summed E-state index contributed by atoms with van der Waals surface area (Å²) in [5.74, 6) is 0.630. The van der Waals surface area contributed by atoms with E-state index in [2.05, 4.69) is 46.8 Å². The zero-order valence-corrected chi connectivity index (χ0v) is 12.3. The third kappa shape index (κ3) is 2.03. The Morgan fingerprint density at radius 2 is 2.06 bits per heavy atom. The number of rotatable bonds is 2. The lowest BCUT2D eigenvalue weighted by molar-refractivity contribution is -0.136. The van der Waals surface area contributed by atoms with E-state index in [1.54, 1.807) is 4.52 Å². The molecule has 0 aliphatic carbocycles. The number of carboxylic acid groups (broad SMARTS) is 1. The Hall–Kier alpha value is -1.37. The smallest absolute Gasteiger partial charge is 0.309 e. The molecule has 6 nitrogen and oxygen atoms in total. The van der Waals surface area contributed by atoms with Gasteiger partial charge in [-0.3, -0.25) is 9.36 Å². The topological polar surface area (TPSA) is 72.4 Å². The number of hydrogen-bond donors (Lipinski definition) is 1. The van der Waals surface area contributed by atoms with E-state index in [1.165, 1.54) is 0 Å². The molecule has 0 saturated heterocycles. The number of carbonyl (C=O) groups is 1. The van der Waals surface area contributed by atoms with Gasteiger partial charge in [-0.2, -0.15) is 9.61 Å². The molecule has 2 aromatic rings. The summed E-state index contributed by atoms with van der Waals surface area (Å²) in [6.07, 6.45) is -0.116. The molecule has 0 bridgehead atoms. The summed E-state index contributed by atoms with van der Waals surface area (Å²) in [6.45, 7) is 6.21. The van der Waals surface area contributed by atoms with Crippen LogP contribution in [0.15, 0.2) is 4.60 Å². The second kappa shape index (κ2) is 4.08. The number of aliphatic carboxylic acids is 1. The average Bonchev–Trinajstić information content (AvgIpc) is 2.67. The van der Waals surface area contributed by atoms with Gasteiger partial charge in [-0.05, 0) is 15.9 Å². The van der Waals surface area contributed by atoms with E-state index in [-0.39, 0.29) is 11.8 Å². The zero-order valence-electron chi connectivity index (χ0n) is 10.7. The molecule has 0 aliphatic heterocycles. The number of carboxylic acids is 1. The fraction of sp³-hybridized carbons (Fsp3) is 0.545. The first kappa shape index (κ1) is 13.1. The van der Waals surface area contributed by atoms with Crippen LogP contribution in [0, 0.1) is 0 Å². The first-order valence-corrected chi connectivity index (χ1v) is 6.33. The standard InChI is InChI=1S/C11H15BrN4O2/c1-11(2,3)9-14-16-8(12)6(5-7(17)18)13-10(16)15(9)4/h5H2,1-4H3,(H,17,18). The summed E-state index contributed by atoms with van der Waals surface area (Å²) in [6, 6.07) is 0. The van der Waals surface area contributed by atoms with Crippen LogP contribution in [0.25, 0.3) is 5.78 Å². The molecule has 1 N–H and O–H groups in total. The number of imidazole rings is 1. The molecule has 2 aromatic heterocycles. The van der Waals surface area contributed by atoms with Crippen LogP contribution in [0.3, 0.4) is 0 Å². The highest BCUT2D eigenvalue weighted by molar-refractivity contribution is 9.10. The van der Waals surface area contributed by atoms with Crippen LogP contribution >= 0.6 is 15.9 Å². The first-order valence-electron chi connectivity index (χ1n) is 5.54. The van der Waals surface area contributed by atoms with Crippen LogP contribution in [0.1, 0.15) is 32.3 Å². The van der Waals surface area contributed by atoms with Gasteiger partial charge >= 0.3 is 5.97 Å². The maximum absolute atomic E-state index is 10.7. The number of halogens is 1. The van der Waals surface area contributed by atoms with Crippen molar-refractivity contribution in [3.05, 3.63) is 16.1 Å². The second-order valence-electron chi connectivity index (χ2n) is 5.26. The van der Waals surface area contributed by atoms with Crippen molar-refractivity contribution in [1.82, 2.24) is 19.2 Å². The molecule has 0 aliphatic rings. The molecule has 2 heterocycles. The van der Waals surface area contributed by atoms with Crippen LogP contribution in [-0.2, 0) is 23.7 Å². The van der Waals surface area contributed by atoms with Gasteiger partial charge in [0.1, 0.15) is 10.4 Å². The van der Waals surface area contributed by atoms with Crippen molar-refractivity contribution >= 4 is 27.7 Å². The second-order valence-corrected chi connectivity index (χ2v) is 6.02. The molecule has 2 rings (SSSR count). The minimum Gasteiger partial charge on any atom is -0.481 e. The molecule has 0 unspecified atom stereocenters. The van der Waals surface area contributed by atoms with Crippen molar-refractivity contribution in [2.75, 3.05) is 0 Å². The lowest BCUT2D eigenvalue weighted by Crippen LogP contribution is -2.17. The quantitative estimate of drug-likeness (QED) is 0.916. The van der Waals surface area contributed by atoms with Crippen molar-refractivity contribution in [3.8, 4) is 0 Å². The summed E-state index contributed by atoms with van der Waals surface area (Å²) >= 11 is 3.36. The van der Waals surface area contributed by atoms with Crippen molar-refractivity contribution in [3.63, 3.8) is 0 Å². The van der Waals surface area contributed by atoms with Crippen molar-refractivity contribution in [1.29, 1.82) is 0 Å². The van der Waals surface area contributed by atoms with Crippen LogP contribution in [0.4, 0.5) is 0 Å². The molecule has 0 atom stereocenters. The van der Waals surface area contributed by atoms with E-state index >= 15 is 0 Å². The Morgan fingerprint density at radius 3 is 2.50 bits per heavy atom. The number of fused-ring (bicyclic) bond motifs is 1. The molecule has 0 aromatic carbocycles. The largest absolute Gasteiger partial charge is 0.481 e. The van der Waals surface area contributed by atoms with E-state index in [4.69, 9.17) is 5.11 Å². The molecule has 0 spiro atoms. The Morgan fingerprint density at radius 1 is 1.44 bits per heavy atom. The van der Waals surface area contributed by atoms with Crippen LogP contribution in [0.5, 0.6) is 0 Å². The van der Waals surface area contributed by atoms with Crippen LogP contribution in [-0.4, -0.2) is 30.2 Å². The van der Waals surface area contributed by atoms with Gasteiger partial charge in [-0.25, -0.2) is 4.98 Å². The molecule has 7 heteroatoms. The van der Waals surface area contributed by atoms with E-state index < -0.39 is 5.97 Å². The van der Waals surface area contributed by atoms with Crippen LogP contribution < -0.4 is 0 Å². The molecule has 0 saturated carbocycles. The van der Waals surface area contributed by atoms with E-state index in [1.807, 2.05) is 11.6 Å². The van der Waals surface area contributed by atoms with Gasteiger partial charge in [-0.15, -0.1) is 0 Å². The lowest BCUT2D eigenvalue weighted by atomic mass is 9.96. The van der Waals surface area contributed by atoms with Crippen molar-refractivity contribution in [2.45, 2.75) is 32.6 Å². The Kier molecular flexibility index (Phi) is 2.96. The van der Waals surface area contributed by atoms with Crippen LogP contribution in [0.2, 0.25) is 0 Å². The molecule has 0 amide bonds. The highest BCUT2D eigenvalue weighted by atomic mass is 79.9.